The SMILES string of the molecule is CC[C@H](C)c1ccc(OCC(=O)Nc2cccc(C(=O)OC)c2)cc1. The van der Waals surface area contributed by atoms with Crippen LogP contribution in [0.25, 0.3) is 0 Å². The van der Waals surface area contributed by atoms with Crippen molar-refractivity contribution in [1.29, 1.82) is 0 Å². The first-order chi connectivity index (χ1) is 12.0. The fourth-order valence-electron chi connectivity index (χ4n) is 2.32. The van der Waals surface area contributed by atoms with Gasteiger partial charge in [0.25, 0.3) is 5.91 Å². The van der Waals surface area contributed by atoms with Crippen LogP contribution in [0.2, 0.25) is 0 Å². The molecule has 0 spiro atoms. The highest BCUT2D eigenvalue weighted by Crippen LogP contribution is 2.21. The van der Waals surface area contributed by atoms with Crippen molar-refractivity contribution in [1.82, 2.24) is 0 Å². The summed E-state index contributed by atoms with van der Waals surface area (Å²) in [5.74, 6) is 0.395. The predicted molar refractivity (Wildman–Crippen MR) is 97.1 cm³/mol. The summed E-state index contributed by atoms with van der Waals surface area (Å²) in [5, 5.41) is 2.70. The largest absolute Gasteiger partial charge is 0.484 e. The quantitative estimate of drug-likeness (QED) is 0.773. The van der Waals surface area contributed by atoms with Crippen LogP contribution < -0.4 is 10.1 Å². The molecule has 2 aromatic rings. The van der Waals surface area contributed by atoms with Crippen LogP contribution in [0.4, 0.5) is 5.69 Å². The molecule has 0 aliphatic rings. The average molecular weight is 341 g/mol. The Bertz CT molecular complexity index is 725. The molecule has 2 aromatic carbocycles. The molecule has 0 saturated carbocycles. The first-order valence-corrected chi connectivity index (χ1v) is 8.24. The molecule has 0 radical (unpaired) electrons. The number of carbonyl (C=O) groups excluding carboxylic acids is 2. The molecule has 0 saturated heterocycles. The lowest BCUT2D eigenvalue weighted by molar-refractivity contribution is -0.118. The molecule has 25 heavy (non-hydrogen) atoms. The number of hydrogen-bond donors (Lipinski definition) is 1. The van der Waals surface area contributed by atoms with Crippen molar-refractivity contribution in [2.45, 2.75) is 26.2 Å². The van der Waals surface area contributed by atoms with Gasteiger partial charge in [-0.1, -0.05) is 32.0 Å². The molecule has 2 rings (SSSR count). The number of amides is 1. The maximum atomic E-state index is 12.0. The number of esters is 1. The van der Waals surface area contributed by atoms with Crippen molar-refractivity contribution in [3.05, 3.63) is 59.7 Å². The van der Waals surface area contributed by atoms with Crippen molar-refractivity contribution in [2.24, 2.45) is 0 Å². The van der Waals surface area contributed by atoms with Gasteiger partial charge in [0.15, 0.2) is 6.61 Å². The van der Waals surface area contributed by atoms with E-state index < -0.39 is 5.97 Å². The van der Waals surface area contributed by atoms with E-state index in [1.165, 1.54) is 12.7 Å². The highest BCUT2D eigenvalue weighted by atomic mass is 16.5. The molecular formula is C20H23NO4. The lowest BCUT2D eigenvalue weighted by Gasteiger charge is -2.11. The fourth-order valence-corrected chi connectivity index (χ4v) is 2.32. The van der Waals surface area contributed by atoms with Crippen molar-refractivity contribution in [3.63, 3.8) is 0 Å². The molecule has 1 N–H and O–H groups in total. The van der Waals surface area contributed by atoms with Gasteiger partial charge in [0.1, 0.15) is 5.75 Å². The number of ether oxygens (including phenoxy) is 2. The standard InChI is InChI=1S/C20H23NO4/c1-4-14(2)15-8-10-18(11-9-15)25-13-19(22)21-17-7-5-6-16(12-17)20(23)24-3/h5-12,14H,4,13H2,1-3H3,(H,21,22)/t14-/m0/s1. The van der Waals surface area contributed by atoms with Crippen molar-refractivity contribution < 1.29 is 19.1 Å². The Labute approximate surface area is 148 Å². The Morgan fingerprint density at radius 1 is 1.12 bits per heavy atom. The van der Waals surface area contributed by atoms with Gasteiger partial charge in [0, 0.05) is 5.69 Å². The minimum absolute atomic E-state index is 0.106. The summed E-state index contributed by atoms with van der Waals surface area (Å²) in [7, 11) is 1.31. The minimum Gasteiger partial charge on any atom is -0.484 e. The summed E-state index contributed by atoms with van der Waals surface area (Å²) in [4.78, 5) is 23.5. The second-order valence-corrected chi connectivity index (χ2v) is 5.79. The summed E-state index contributed by atoms with van der Waals surface area (Å²) in [6.45, 7) is 4.21. The van der Waals surface area contributed by atoms with E-state index in [0.29, 0.717) is 22.9 Å². The van der Waals surface area contributed by atoms with Gasteiger partial charge in [-0.05, 0) is 48.2 Å². The Morgan fingerprint density at radius 3 is 2.48 bits per heavy atom. The molecule has 1 amide bonds. The molecule has 0 fully saturated rings. The van der Waals surface area contributed by atoms with Gasteiger partial charge in [-0.2, -0.15) is 0 Å². The van der Waals surface area contributed by atoms with Crippen LogP contribution in [-0.4, -0.2) is 25.6 Å². The first-order valence-electron chi connectivity index (χ1n) is 8.24. The molecule has 0 aliphatic carbocycles. The van der Waals surface area contributed by atoms with Crippen molar-refractivity contribution in [3.8, 4) is 5.75 Å². The van der Waals surface area contributed by atoms with Crippen LogP contribution in [0.3, 0.4) is 0 Å². The topological polar surface area (TPSA) is 64.6 Å². The third kappa shape index (κ3) is 5.35. The Hall–Kier alpha value is -2.82. The van der Waals surface area contributed by atoms with E-state index >= 15 is 0 Å². The minimum atomic E-state index is -0.450. The van der Waals surface area contributed by atoms with Gasteiger partial charge in [-0.25, -0.2) is 4.79 Å². The summed E-state index contributed by atoms with van der Waals surface area (Å²) in [6.07, 6.45) is 1.08. The van der Waals surface area contributed by atoms with Crippen LogP contribution >= 0.6 is 0 Å². The van der Waals surface area contributed by atoms with Crippen LogP contribution in [0.15, 0.2) is 48.5 Å². The van der Waals surface area contributed by atoms with Gasteiger partial charge in [0.2, 0.25) is 0 Å². The highest BCUT2D eigenvalue weighted by molar-refractivity contribution is 5.95. The third-order valence-corrected chi connectivity index (χ3v) is 4.00. The molecule has 0 aromatic heterocycles. The van der Waals surface area contributed by atoms with Crippen molar-refractivity contribution in [2.75, 3.05) is 19.0 Å². The molecule has 1 atom stereocenters. The number of hydrogen-bond acceptors (Lipinski definition) is 4. The number of anilines is 1. The van der Waals surface area contributed by atoms with E-state index in [9.17, 15) is 9.59 Å². The molecule has 5 heteroatoms. The zero-order valence-electron chi connectivity index (χ0n) is 14.7. The lowest BCUT2D eigenvalue weighted by Crippen LogP contribution is -2.20. The summed E-state index contributed by atoms with van der Waals surface area (Å²) in [5.41, 5.74) is 2.14. The summed E-state index contributed by atoms with van der Waals surface area (Å²) >= 11 is 0. The van der Waals surface area contributed by atoms with Crippen LogP contribution in [-0.2, 0) is 9.53 Å². The monoisotopic (exact) mass is 341 g/mol. The predicted octanol–water partition coefficient (Wildman–Crippen LogP) is 4.00. The van der Waals surface area contributed by atoms with Crippen LogP contribution in [0.5, 0.6) is 5.75 Å². The smallest absolute Gasteiger partial charge is 0.337 e. The van der Waals surface area contributed by atoms with Gasteiger partial charge in [0.05, 0.1) is 12.7 Å². The molecule has 0 aliphatic heterocycles. The zero-order chi connectivity index (χ0) is 18.2. The number of benzene rings is 2. The normalized spacial score (nSPS) is 11.5. The van der Waals surface area contributed by atoms with Crippen LogP contribution in [0, 0.1) is 0 Å². The average Bonchev–Trinajstić information content (AvgIpc) is 2.65. The van der Waals surface area contributed by atoms with Gasteiger partial charge >= 0.3 is 5.97 Å². The molecule has 0 bridgehead atoms. The van der Waals surface area contributed by atoms with Gasteiger partial charge in [-0.15, -0.1) is 0 Å². The number of nitrogens with one attached hydrogen (secondary N) is 1. The third-order valence-electron chi connectivity index (χ3n) is 4.00. The van der Waals surface area contributed by atoms with Gasteiger partial charge < -0.3 is 14.8 Å². The van der Waals surface area contributed by atoms with Crippen LogP contribution in [0.1, 0.15) is 42.1 Å². The number of carbonyl (C=O) groups is 2. The fraction of sp³-hybridized carbons (Fsp3) is 0.300. The Balaban J connectivity index is 1.89. The maximum Gasteiger partial charge on any atom is 0.337 e. The molecular weight excluding hydrogens is 318 g/mol. The second-order valence-electron chi connectivity index (χ2n) is 5.79. The maximum absolute atomic E-state index is 12.0. The van der Waals surface area contributed by atoms with Crippen molar-refractivity contribution >= 4 is 17.6 Å². The van der Waals surface area contributed by atoms with E-state index in [-0.39, 0.29) is 12.5 Å². The van der Waals surface area contributed by atoms with E-state index in [1.54, 1.807) is 24.3 Å². The summed E-state index contributed by atoms with van der Waals surface area (Å²) in [6, 6.07) is 14.3. The Kier molecular flexibility index (Phi) is 6.57. The van der Waals surface area contributed by atoms with Gasteiger partial charge in [-0.3, -0.25) is 4.79 Å². The summed E-state index contributed by atoms with van der Waals surface area (Å²) < 4.78 is 10.2. The molecule has 0 heterocycles. The molecule has 5 nitrogen and oxygen atoms in total. The molecule has 0 unspecified atom stereocenters. The van der Waals surface area contributed by atoms with E-state index in [2.05, 4.69) is 23.9 Å². The number of rotatable bonds is 7. The molecule has 132 valence electrons. The van der Waals surface area contributed by atoms with E-state index in [1.807, 2.05) is 24.3 Å². The first kappa shape index (κ1) is 18.5. The highest BCUT2D eigenvalue weighted by Gasteiger charge is 2.09. The van der Waals surface area contributed by atoms with E-state index in [4.69, 9.17) is 4.74 Å². The van der Waals surface area contributed by atoms with E-state index in [0.717, 1.165) is 6.42 Å². The zero-order valence-corrected chi connectivity index (χ0v) is 14.7. The Morgan fingerprint density at radius 2 is 1.84 bits per heavy atom. The number of methoxy groups -OCH3 is 1. The second kappa shape index (κ2) is 8.87. The lowest BCUT2D eigenvalue weighted by atomic mass is 9.99.